The molecule has 816 valence electrons. The van der Waals surface area contributed by atoms with E-state index in [1.165, 1.54) is 89.9 Å². The van der Waals surface area contributed by atoms with Crippen LogP contribution in [-0.2, 0) is 119 Å². The Hall–Kier alpha value is -6.00. The van der Waals surface area contributed by atoms with Crippen LogP contribution in [0, 0.1) is 132 Å². The van der Waals surface area contributed by atoms with Crippen LogP contribution >= 0.6 is 0 Å². The summed E-state index contributed by atoms with van der Waals surface area (Å²) in [5, 5.41) is 20.9. The van der Waals surface area contributed by atoms with Gasteiger partial charge in [0.25, 0.3) is 10.1 Å². The van der Waals surface area contributed by atoms with E-state index in [1.807, 2.05) is 111 Å². The minimum Gasteiger partial charge on any atom is -0.463 e. The Bertz CT molecular complexity index is 4400. The number of fused-ring (bicyclic) bond motifs is 1. The fraction of sp³-hybridized carbons (Fsp3) is 0.904. The van der Waals surface area contributed by atoms with Crippen molar-refractivity contribution < 1.29 is 128 Å². The fourth-order valence-corrected chi connectivity index (χ4v) is 29.2. The molecule has 28 heteroatoms. The highest BCUT2D eigenvalue weighted by atomic mass is 32.2. The topological polar surface area (TPSA) is 373 Å². The van der Waals surface area contributed by atoms with Crippen molar-refractivity contribution in [2.24, 2.45) is 132 Å². The van der Waals surface area contributed by atoms with Gasteiger partial charge in [0, 0.05) is 37.5 Å². The van der Waals surface area contributed by atoms with Crippen molar-refractivity contribution in [1.29, 1.82) is 0 Å². The molecule has 11 unspecified atom stereocenters. The van der Waals surface area contributed by atoms with Crippen LogP contribution in [0.4, 0.5) is 0 Å². The number of cyclic esters (lactones) is 2. The van der Waals surface area contributed by atoms with Crippen LogP contribution in [0.5, 0.6) is 0 Å². The summed E-state index contributed by atoms with van der Waals surface area (Å²) in [6.45, 7) is 55.4. The molecule has 0 aromatic carbocycles. The molecule has 0 amide bonds. The Labute approximate surface area is 857 Å². The second-order valence-corrected chi connectivity index (χ2v) is 55.5. The Morgan fingerprint density at radius 2 is 0.699 bits per heavy atom. The van der Waals surface area contributed by atoms with Crippen LogP contribution in [-0.4, -0.2) is 173 Å². The second-order valence-electron chi connectivity index (χ2n) is 53.8. The van der Waals surface area contributed by atoms with E-state index in [0.717, 1.165) is 120 Å². The first kappa shape index (κ1) is 117. The number of hydrogen-bond donors (Lipinski definition) is 2. The Kier molecular flexibility index (Phi) is 36.5. The van der Waals surface area contributed by atoms with E-state index in [2.05, 4.69) is 41.5 Å². The summed E-state index contributed by atoms with van der Waals surface area (Å²) in [6, 6.07) is 0. The fourth-order valence-electron chi connectivity index (χ4n) is 27.3. The van der Waals surface area contributed by atoms with Gasteiger partial charge in [-0.2, -0.15) is 8.42 Å². The van der Waals surface area contributed by atoms with E-state index in [9.17, 15) is 71.4 Å². The van der Waals surface area contributed by atoms with Gasteiger partial charge in [-0.3, -0.25) is 42.5 Å². The molecule has 0 spiro atoms. The highest BCUT2D eigenvalue weighted by Crippen LogP contribution is 2.66. The van der Waals surface area contributed by atoms with Gasteiger partial charge in [0.1, 0.15) is 40.2 Å². The van der Waals surface area contributed by atoms with Gasteiger partial charge in [0.05, 0.1) is 73.0 Å². The predicted octanol–water partition coefficient (Wildman–Crippen LogP) is 22.0. The summed E-state index contributed by atoms with van der Waals surface area (Å²) in [4.78, 5) is 131. The Morgan fingerprint density at radius 1 is 0.385 bits per heavy atom. The maximum atomic E-state index is 12.8. The van der Waals surface area contributed by atoms with Crippen molar-refractivity contribution in [3.05, 3.63) is 0 Å². The summed E-state index contributed by atoms with van der Waals surface area (Å²) in [5.41, 5.74) is -5.88. The number of rotatable bonds is 27. The molecule has 19 aliphatic carbocycles. The van der Waals surface area contributed by atoms with Crippen molar-refractivity contribution in [3.63, 3.8) is 0 Å². The van der Waals surface area contributed by atoms with Crippen molar-refractivity contribution in [3.8, 4) is 0 Å². The van der Waals surface area contributed by atoms with Crippen molar-refractivity contribution in [2.45, 2.75) is 507 Å². The van der Waals surface area contributed by atoms with E-state index in [-0.39, 0.29) is 97.9 Å². The lowest BCUT2D eigenvalue weighted by Gasteiger charge is -2.62. The number of esters is 11. The first-order valence-corrected chi connectivity index (χ1v) is 57.3. The minimum atomic E-state index is -3.53. The standard InChI is InChI=1S/C19H32O2.C17H28O2.2C16H26O3.C15H22O7S.C12H22O2.2C10H16O4/c1-6-18(4,5)17(20)21-19(12(2)3)15-8-13-7-14(10-15)11-16(19)9-13;1-5-16(2,3)15(18)19-17(4)13-7-11-6-12(9-13)10-14(17)8-11;2*1-4-14(2,3)13(17)19-16-8-11-5-12(9-16)7-15(18,6-11)10-16;1-4-15(2,3)14(17)20-7-11(16)21-12-8-5-9-10(6-8)23(18,19)22-13(9)12;1-5-11(2,3)10(13)14-12(4)8-6-7-9-12;2*1-4-10(2,3)9(12)14-7-5-6-13-8(7)11/h12-16H,6-11H2,1-5H3;11-14H,5-10H2,1-4H3;2*11-12,18H,4-10H2,1-3H3;8-10,12-13H,4-7H2,1-3H3;5-9H2,1-4H3;2*7H,4-6H2,1-3H3. The molecular formula is C115H188O27S. The van der Waals surface area contributed by atoms with Crippen molar-refractivity contribution >= 4 is 75.8 Å². The SMILES string of the molecule is CCC(C)(C)C(=O)OC1(C(C)C)C2CC3CC(C2)CC1C3.CCC(C)(C)C(=O)OC1(C)C2CC3CC(C2)CC1C3.CCC(C)(C)C(=O)OC1(C)CCCC1.CCC(C)(C)C(=O)OC12CC3CC(CC(O)(C3)C1)C2.CCC(C)(C)C(=O)OC12CC3CC(CC(O)(C3)C1)C2.CCC(C)(C)C(=O)OC1CCOC1=O.CCC(C)(C)C(=O)OC1CCOC1=O.CCC(C)(C)C(=O)OCC(=O)OC1C2CC3C1OS(=O)(=O)C3C2. The molecule has 0 aromatic heterocycles. The molecular weight excluding hydrogens is 1850 g/mol. The van der Waals surface area contributed by atoms with Gasteiger partial charge in [0.2, 0.25) is 12.2 Å². The molecule has 22 aliphatic rings. The maximum Gasteiger partial charge on any atom is 0.347 e. The third kappa shape index (κ3) is 26.8. The summed E-state index contributed by atoms with van der Waals surface area (Å²) in [6.07, 6.45) is 34.7. The van der Waals surface area contributed by atoms with Crippen LogP contribution in [0.3, 0.4) is 0 Å². The Morgan fingerprint density at radius 3 is 1.03 bits per heavy atom. The molecule has 3 saturated heterocycles. The zero-order valence-corrected chi connectivity index (χ0v) is 93.9. The highest BCUT2D eigenvalue weighted by molar-refractivity contribution is 7.87. The molecule has 22 rings (SSSR count). The van der Waals surface area contributed by atoms with E-state index < -0.39 is 109 Å². The molecule has 19 saturated carbocycles. The molecule has 27 nitrogen and oxygen atoms in total. The van der Waals surface area contributed by atoms with Gasteiger partial charge in [0.15, 0.2) is 6.61 Å². The smallest absolute Gasteiger partial charge is 0.347 e. The predicted molar refractivity (Wildman–Crippen MR) is 540 cm³/mol. The summed E-state index contributed by atoms with van der Waals surface area (Å²) < 4.78 is 88.8. The lowest BCUT2D eigenvalue weighted by Crippen LogP contribution is -2.63. The van der Waals surface area contributed by atoms with Crippen LogP contribution < -0.4 is 0 Å². The number of ether oxygens (including phenoxy) is 11. The molecule has 0 aromatic rings. The number of carbonyl (C=O) groups excluding carboxylic acids is 11. The third-order valence-corrected chi connectivity index (χ3v) is 40.8. The molecule has 18 bridgehead atoms. The largest absolute Gasteiger partial charge is 0.463 e. The zero-order chi connectivity index (χ0) is 106. The third-order valence-electron chi connectivity index (χ3n) is 39.0. The quantitative estimate of drug-likeness (QED) is 0.0438. The van der Waals surface area contributed by atoms with E-state index in [0.29, 0.717) is 124 Å². The normalized spacial score (nSPS) is 36.1. The maximum absolute atomic E-state index is 12.8. The first-order valence-electron chi connectivity index (χ1n) is 55.8. The molecule has 3 aliphatic heterocycles. The van der Waals surface area contributed by atoms with Gasteiger partial charge < -0.3 is 62.3 Å². The lowest BCUT2D eigenvalue weighted by molar-refractivity contribution is -0.231. The molecule has 2 N–H and O–H groups in total. The van der Waals surface area contributed by atoms with Crippen LogP contribution in [0.25, 0.3) is 0 Å². The lowest BCUT2D eigenvalue weighted by atomic mass is 9.47. The van der Waals surface area contributed by atoms with Gasteiger partial charge in [-0.15, -0.1) is 0 Å². The zero-order valence-electron chi connectivity index (χ0n) is 93.0. The van der Waals surface area contributed by atoms with Crippen LogP contribution in [0.15, 0.2) is 0 Å². The van der Waals surface area contributed by atoms with E-state index >= 15 is 0 Å². The van der Waals surface area contributed by atoms with Crippen LogP contribution in [0.2, 0.25) is 0 Å². The van der Waals surface area contributed by atoms with Gasteiger partial charge in [-0.1, -0.05) is 69.2 Å². The monoisotopic (exact) mass is 2030 g/mol. The van der Waals surface area contributed by atoms with Crippen molar-refractivity contribution in [2.75, 3.05) is 19.8 Å². The van der Waals surface area contributed by atoms with Crippen LogP contribution in [0.1, 0.15) is 438 Å². The molecule has 3 heterocycles. The molecule has 11 atom stereocenters. The summed E-state index contributed by atoms with van der Waals surface area (Å²) in [7, 11) is -3.53. The van der Waals surface area contributed by atoms with Gasteiger partial charge >= 0.3 is 65.7 Å². The number of carbonyl (C=O) groups is 11. The van der Waals surface area contributed by atoms with E-state index in [1.54, 1.807) is 41.5 Å². The second kappa shape index (κ2) is 44.5. The van der Waals surface area contributed by atoms with E-state index in [4.69, 9.17) is 56.3 Å². The Balaban J connectivity index is 0.000000157. The average molecular weight is 2030 g/mol. The molecule has 143 heavy (non-hydrogen) atoms. The number of hydrogen-bond acceptors (Lipinski definition) is 27. The molecule has 22 fully saturated rings. The highest BCUT2D eigenvalue weighted by Gasteiger charge is 2.68. The van der Waals surface area contributed by atoms with Gasteiger partial charge in [-0.05, 0) is 420 Å². The molecule has 0 radical (unpaired) electrons. The van der Waals surface area contributed by atoms with Gasteiger partial charge in [-0.25, -0.2) is 14.4 Å². The first-order chi connectivity index (χ1) is 66.1. The summed E-state index contributed by atoms with van der Waals surface area (Å²) >= 11 is 0. The van der Waals surface area contributed by atoms with Crippen molar-refractivity contribution in [1.82, 2.24) is 0 Å². The number of aliphatic hydroxyl groups is 2. The average Bonchev–Trinajstić information content (AvgIpc) is 1.62. The minimum absolute atomic E-state index is 0.0130. The summed E-state index contributed by atoms with van der Waals surface area (Å²) in [5.74, 6) is 5.99.